The fourth-order valence-corrected chi connectivity index (χ4v) is 4.89. The number of hydrogen-bond donors (Lipinski definition) is 2. The van der Waals surface area contributed by atoms with Gasteiger partial charge in [-0.1, -0.05) is 36.4 Å². The lowest BCUT2D eigenvalue weighted by Gasteiger charge is -2.23. The van der Waals surface area contributed by atoms with Crippen LogP contribution in [0.15, 0.2) is 60.9 Å². The third-order valence-corrected chi connectivity index (χ3v) is 7.16. The molecule has 0 radical (unpaired) electrons. The van der Waals surface area contributed by atoms with Crippen molar-refractivity contribution in [2.45, 2.75) is 38.7 Å². The standard InChI is InChI=1S/C29H28F3N9O3/c1-17(2)40-14-19(13-34-40)24-37-25-20-9-6-10-21(29(30,31)32)23(20)36-27(41(25)38-24)35-22-15-39(12-11-33-26(22)42)28(43)44-16-18-7-4-3-5-8-18/h3-10,13-14,17,22H,11-12,15-16H2,1-2H3,(H,33,42)(H,35,36)/t22-/m0/s1. The fourth-order valence-electron chi connectivity index (χ4n) is 4.89. The van der Waals surface area contributed by atoms with Gasteiger partial charge in [0.15, 0.2) is 11.5 Å². The normalized spacial score (nSPS) is 15.9. The van der Waals surface area contributed by atoms with Crippen LogP contribution >= 0.6 is 0 Å². The highest BCUT2D eigenvalue weighted by Gasteiger charge is 2.35. The first-order valence-corrected chi connectivity index (χ1v) is 13.9. The molecular weight excluding hydrogens is 579 g/mol. The van der Waals surface area contributed by atoms with Gasteiger partial charge in [0, 0.05) is 30.7 Å². The van der Waals surface area contributed by atoms with Crippen LogP contribution < -0.4 is 10.6 Å². The molecule has 0 bridgehead atoms. The van der Waals surface area contributed by atoms with Crippen molar-refractivity contribution < 1.29 is 27.5 Å². The summed E-state index contributed by atoms with van der Waals surface area (Å²) in [5, 5.41) is 14.6. The van der Waals surface area contributed by atoms with Crippen LogP contribution in [0.5, 0.6) is 0 Å². The fraction of sp³-hybridized carbons (Fsp3) is 0.310. The SMILES string of the molecule is CC(C)n1cc(-c2nc3c4cccc(C(F)(F)F)c4nc(N[C@H]4CN(C(=O)OCc5ccccc5)CCNC4=O)n3n2)cn1. The largest absolute Gasteiger partial charge is 0.445 e. The molecule has 0 unspecified atom stereocenters. The average molecular weight is 608 g/mol. The summed E-state index contributed by atoms with van der Waals surface area (Å²) in [6.45, 7) is 4.13. The molecular formula is C29H28F3N9O3. The van der Waals surface area contributed by atoms with Crippen LogP contribution in [0.2, 0.25) is 0 Å². The van der Waals surface area contributed by atoms with Crippen LogP contribution in [0.4, 0.5) is 23.9 Å². The number of amides is 2. The van der Waals surface area contributed by atoms with Crippen LogP contribution in [-0.2, 0) is 22.3 Å². The molecule has 44 heavy (non-hydrogen) atoms. The maximum atomic E-state index is 14.1. The number of hydrogen-bond acceptors (Lipinski definition) is 8. The van der Waals surface area contributed by atoms with E-state index in [9.17, 15) is 22.8 Å². The van der Waals surface area contributed by atoms with Crippen LogP contribution in [0.1, 0.15) is 31.0 Å². The molecule has 5 aromatic rings. The van der Waals surface area contributed by atoms with Crippen LogP contribution in [0.3, 0.4) is 0 Å². The molecule has 1 saturated heterocycles. The second-order valence-electron chi connectivity index (χ2n) is 10.6. The molecule has 0 spiro atoms. The first-order chi connectivity index (χ1) is 21.1. The van der Waals surface area contributed by atoms with E-state index in [1.54, 1.807) is 17.1 Å². The first kappa shape index (κ1) is 28.9. The molecule has 12 nitrogen and oxygen atoms in total. The molecule has 4 heterocycles. The van der Waals surface area contributed by atoms with Crippen molar-refractivity contribution >= 4 is 34.5 Å². The van der Waals surface area contributed by atoms with E-state index in [0.29, 0.717) is 5.56 Å². The maximum absolute atomic E-state index is 14.1. The van der Waals surface area contributed by atoms with E-state index in [1.807, 2.05) is 44.2 Å². The van der Waals surface area contributed by atoms with E-state index < -0.39 is 29.8 Å². The van der Waals surface area contributed by atoms with Crippen LogP contribution in [-0.4, -0.2) is 71.9 Å². The lowest BCUT2D eigenvalue weighted by Crippen LogP contribution is -2.44. The van der Waals surface area contributed by atoms with Crippen molar-refractivity contribution in [2.24, 2.45) is 0 Å². The van der Waals surface area contributed by atoms with E-state index in [2.05, 4.69) is 30.8 Å². The van der Waals surface area contributed by atoms with E-state index in [4.69, 9.17) is 4.74 Å². The smallest absolute Gasteiger partial charge is 0.418 e. The molecule has 2 N–H and O–H groups in total. The predicted molar refractivity (Wildman–Crippen MR) is 154 cm³/mol. The van der Waals surface area contributed by atoms with E-state index in [0.717, 1.165) is 11.6 Å². The molecule has 15 heteroatoms. The summed E-state index contributed by atoms with van der Waals surface area (Å²) >= 11 is 0. The molecule has 1 aliphatic heterocycles. The van der Waals surface area contributed by atoms with Crippen LogP contribution in [0.25, 0.3) is 27.9 Å². The summed E-state index contributed by atoms with van der Waals surface area (Å²) in [4.78, 5) is 36.2. The summed E-state index contributed by atoms with van der Waals surface area (Å²) in [7, 11) is 0. The van der Waals surface area contributed by atoms with Gasteiger partial charge in [-0.25, -0.2) is 14.8 Å². The third-order valence-electron chi connectivity index (χ3n) is 7.16. The Bertz CT molecular complexity index is 1840. The number of benzene rings is 2. The highest BCUT2D eigenvalue weighted by molar-refractivity contribution is 5.95. The number of nitrogens with zero attached hydrogens (tertiary/aromatic N) is 7. The Morgan fingerprint density at radius 1 is 1.14 bits per heavy atom. The number of aromatic nitrogens is 6. The second kappa shape index (κ2) is 11.5. The van der Waals surface area contributed by atoms with Crippen LogP contribution in [0, 0.1) is 0 Å². The van der Waals surface area contributed by atoms with Gasteiger partial charge in [0.2, 0.25) is 11.9 Å². The number of carbonyl (C=O) groups excluding carboxylic acids is 2. The molecule has 0 saturated carbocycles. The highest BCUT2D eigenvalue weighted by atomic mass is 19.4. The molecule has 3 aromatic heterocycles. The summed E-state index contributed by atoms with van der Waals surface area (Å²) in [6.07, 6.45) is -2.04. The van der Waals surface area contributed by atoms with Gasteiger partial charge in [-0.2, -0.15) is 22.8 Å². The molecule has 228 valence electrons. The monoisotopic (exact) mass is 607 g/mol. The number of anilines is 1. The van der Waals surface area contributed by atoms with E-state index >= 15 is 0 Å². The van der Waals surface area contributed by atoms with Gasteiger partial charge in [0.25, 0.3) is 0 Å². The Morgan fingerprint density at radius 2 is 1.93 bits per heavy atom. The van der Waals surface area contributed by atoms with E-state index in [-0.39, 0.29) is 60.6 Å². The molecule has 2 amide bonds. The summed E-state index contributed by atoms with van der Waals surface area (Å²) in [5.74, 6) is -0.414. The first-order valence-electron chi connectivity index (χ1n) is 13.9. The molecule has 1 atom stereocenters. The van der Waals surface area contributed by atoms with Gasteiger partial charge < -0.3 is 20.3 Å². The quantitative estimate of drug-likeness (QED) is 0.292. The summed E-state index contributed by atoms with van der Waals surface area (Å²) < 4.78 is 50.6. The number of ether oxygens (including phenoxy) is 1. The number of alkyl halides is 3. The van der Waals surface area contributed by atoms with Crippen molar-refractivity contribution in [1.29, 1.82) is 0 Å². The average Bonchev–Trinajstić information content (AvgIpc) is 3.63. The Kier molecular flexibility index (Phi) is 7.53. The number of halogens is 3. The Hall–Kier alpha value is -5.21. The van der Waals surface area contributed by atoms with Crippen molar-refractivity contribution in [3.63, 3.8) is 0 Å². The lowest BCUT2D eigenvalue weighted by atomic mass is 10.1. The second-order valence-corrected chi connectivity index (χ2v) is 10.6. The van der Waals surface area contributed by atoms with Crippen molar-refractivity contribution in [3.05, 3.63) is 72.1 Å². The van der Waals surface area contributed by atoms with Gasteiger partial charge >= 0.3 is 12.3 Å². The maximum Gasteiger partial charge on any atom is 0.418 e. The molecule has 1 fully saturated rings. The minimum Gasteiger partial charge on any atom is -0.445 e. The van der Waals surface area contributed by atoms with Gasteiger partial charge in [-0.05, 0) is 31.5 Å². The Labute approximate surface area is 248 Å². The highest BCUT2D eigenvalue weighted by Crippen LogP contribution is 2.36. The number of nitrogens with one attached hydrogen (secondary N) is 2. The van der Waals surface area contributed by atoms with Crippen molar-refractivity contribution in [3.8, 4) is 11.4 Å². The third kappa shape index (κ3) is 5.72. The zero-order valence-corrected chi connectivity index (χ0v) is 23.7. The predicted octanol–water partition coefficient (Wildman–Crippen LogP) is 4.29. The minimum atomic E-state index is -4.71. The zero-order valence-electron chi connectivity index (χ0n) is 23.7. The van der Waals surface area contributed by atoms with Crippen molar-refractivity contribution in [1.82, 2.24) is 39.6 Å². The van der Waals surface area contributed by atoms with Gasteiger partial charge in [0.05, 0.1) is 29.4 Å². The van der Waals surface area contributed by atoms with Gasteiger partial charge in [0.1, 0.15) is 12.6 Å². The molecule has 2 aromatic carbocycles. The van der Waals surface area contributed by atoms with Crippen molar-refractivity contribution in [2.75, 3.05) is 25.0 Å². The lowest BCUT2D eigenvalue weighted by molar-refractivity contribution is -0.136. The molecule has 6 rings (SSSR count). The molecule has 1 aliphatic rings. The summed E-state index contributed by atoms with van der Waals surface area (Å²) in [6, 6.07) is 11.8. The zero-order chi connectivity index (χ0) is 31.0. The van der Waals surface area contributed by atoms with E-state index in [1.165, 1.54) is 21.5 Å². The number of para-hydroxylation sites is 1. The number of fused-ring (bicyclic) bond motifs is 3. The van der Waals surface area contributed by atoms with Gasteiger partial charge in [-0.15, -0.1) is 5.10 Å². The molecule has 0 aliphatic carbocycles. The Morgan fingerprint density at radius 3 is 2.66 bits per heavy atom. The Balaban J connectivity index is 1.38. The van der Waals surface area contributed by atoms with Gasteiger partial charge in [-0.3, -0.25) is 9.48 Å². The number of carbonyl (C=O) groups is 2. The number of rotatable bonds is 6. The topological polar surface area (TPSA) is 132 Å². The summed E-state index contributed by atoms with van der Waals surface area (Å²) in [5.41, 5.74) is 0.120. The minimum absolute atomic E-state index is 0.0395.